The summed E-state index contributed by atoms with van der Waals surface area (Å²) in [6, 6.07) is 8.52. The minimum atomic E-state index is 1.04. The molecule has 1 N–H and O–H groups in total. The maximum Gasteiger partial charge on any atom is 0.0351 e. The van der Waals surface area contributed by atoms with E-state index in [2.05, 4.69) is 42.1 Å². The molecule has 72 valence electrons. The van der Waals surface area contributed by atoms with Crippen molar-refractivity contribution in [3.63, 3.8) is 0 Å². The molecule has 1 rings (SSSR count). The number of benzene rings is 1. The molecule has 0 atom stereocenters. The average molecular weight is 213 g/mol. The van der Waals surface area contributed by atoms with Gasteiger partial charge in [0.2, 0.25) is 0 Å². The predicted octanol–water partition coefficient (Wildman–Crippen LogP) is 3.18. The summed E-state index contributed by atoms with van der Waals surface area (Å²) < 4.78 is 0. The number of thioether (sulfide) groups is 2. The largest absolute Gasteiger partial charge is 0.384 e. The Hall–Kier alpha value is -0.280. The smallest absolute Gasteiger partial charge is 0.0351 e. The van der Waals surface area contributed by atoms with Crippen molar-refractivity contribution in [2.45, 2.75) is 4.90 Å². The lowest BCUT2D eigenvalue weighted by atomic mass is 10.3. The molecule has 0 bridgehead atoms. The zero-order valence-electron chi connectivity index (χ0n) is 8.04. The van der Waals surface area contributed by atoms with Gasteiger partial charge in [0.1, 0.15) is 0 Å². The van der Waals surface area contributed by atoms with Gasteiger partial charge in [-0.1, -0.05) is 6.07 Å². The standard InChI is InChI=1S/C10H15NS2/c1-12-7-6-11-9-4-3-5-10(8-9)13-2/h3-5,8,11H,6-7H2,1-2H3. The van der Waals surface area contributed by atoms with E-state index < -0.39 is 0 Å². The molecule has 1 aromatic carbocycles. The van der Waals surface area contributed by atoms with Crippen molar-refractivity contribution in [3.05, 3.63) is 24.3 Å². The van der Waals surface area contributed by atoms with Crippen LogP contribution in [0.2, 0.25) is 0 Å². The highest BCUT2D eigenvalue weighted by Gasteiger charge is 1.92. The van der Waals surface area contributed by atoms with E-state index in [-0.39, 0.29) is 0 Å². The van der Waals surface area contributed by atoms with Gasteiger partial charge in [0, 0.05) is 22.9 Å². The molecule has 0 spiro atoms. The highest BCUT2D eigenvalue weighted by molar-refractivity contribution is 7.98. The summed E-state index contributed by atoms with van der Waals surface area (Å²) in [6.07, 6.45) is 4.22. The fourth-order valence-electron chi connectivity index (χ4n) is 1.03. The van der Waals surface area contributed by atoms with Crippen LogP contribution in [0.3, 0.4) is 0 Å². The summed E-state index contributed by atoms with van der Waals surface area (Å²) in [5, 5.41) is 3.39. The van der Waals surface area contributed by atoms with Crippen LogP contribution in [0.1, 0.15) is 0 Å². The van der Waals surface area contributed by atoms with Crippen LogP contribution in [0.5, 0.6) is 0 Å². The Bertz CT molecular complexity index is 250. The van der Waals surface area contributed by atoms with Gasteiger partial charge in [0.25, 0.3) is 0 Å². The molecule has 0 saturated carbocycles. The Labute approximate surface area is 88.7 Å². The van der Waals surface area contributed by atoms with E-state index in [0.29, 0.717) is 0 Å². The molecule has 0 amide bonds. The van der Waals surface area contributed by atoms with Crippen LogP contribution >= 0.6 is 23.5 Å². The second kappa shape index (κ2) is 6.22. The highest BCUT2D eigenvalue weighted by Crippen LogP contribution is 2.18. The van der Waals surface area contributed by atoms with Crippen LogP contribution in [0, 0.1) is 0 Å². The topological polar surface area (TPSA) is 12.0 Å². The molecule has 13 heavy (non-hydrogen) atoms. The SMILES string of the molecule is CSCCNc1cccc(SC)c1. The molecule has 0 unspecified atom stereocenters. The molecular weight excluding hydrogens is 198 g/mol. The van der Waals surface area contributed by atoms with Crippen molar-refractivity contribution in [3.8, 4) is 0 Å². The average Bonchev–Trinajstić information content (AvgIpc) is 2.19. The second-order valence-electron chi connectivity index (χ2n) is 2.65. The first kappa shape index (κ1) is 10.8. The molecule has 1 nitrogen and oxygen atoms in total. The summed E-state index contributed by atoms with van der Waals surface area (Å²) in [5.41, 5.74) is 1.22. The van der Waals surface area contributed by atoms with Gasteiger partial charge in [0.15, 0.2) is 0 Å². The minimum absolute atomic E-state index is 1.04. The normalized spacial score (nSPS) is 10.0. The Balaban J connectivity index is 2.46. The molecule has 0 saturated heterocycles. The first-order chi connectivity index (χ1) is 6.36. The van der Waals surface area contributed by atoms with Crippen LogP contribution in [0.15, 0.2) is 29.2 Å². The summed E-state index contributed by atoms with van der Waals surface area (Å²) >= 11 is 3.64. The molecule has 0 radical (unpaired) electrons. The quantitative estimate of drug-likeness (QED) is 0.596. The molecule has 0 heterocycles. The van der Waals surface area contributed by atoms with Crippen LogP contribution < -0.4 is 5.32 Å². The summed E-state index contributed by atoms with van der Waals surface area (Å²) in [7, 11) is 0. The van der Waals surface area contributed by atoms with Crippen molar-refractivity contribution in [1.82, 2.24) is 0 Å². The van der Waals surface area contributed by atoms with E-state index in [1.165, 1.54) is 10.6 Å². The molecular formula is C10H15NS2. The number of rotatable bonds is 5. The first-order valence-electron chi connectivity index (χ1n) is 4.23. The van der Waals surface area contributed by atoms with Crippen molar-refractivity contribution < 1.29 is 0 Å². The summed E-state index contributed by atoms with van der Waals surface area (Å²) in [5.74, 6) is 1.16. The van der Waals surface area contributed by atoms with Crippen molar-refractivity contribution in [2.24, 2.45) is 0 Å². The first-order valence-corrected chi connectivity index (χ1v) is 6.85. The van der Waals surface area contributed by atoms with Crippen molar-refractivity contribution in [2.75, 3.05) is 30.1 Å². The summed E-state index contributed by atoms with van der Waals surface area (Å²) in [6.45, 7) is 1.04. The van der Waals surface area contributed by atoms with Gasteiger partial charge in [-0.25, -0.2) is 0 Å². The number of anilines is 1. The van der Waals surface area contributed by atoms with Crippen molar-refractivity contribution >= 4 is 29.2 Å². The molecule has 0 aromatic heterocycles. The van der Waals surface area contributed by atoms with Crippen LogP contribution in [0.4, 0.5) is 5.69 Å². The van der Waals surface area contributed by atoms with E-state index in [4.69, 9.17) is 0 Å². The number of hydrogen-bond donors (Lipinski definition) is 1. The third-order valence-electron chi connectivity index (χ3n) is 1.71. The monoisotopic (exact) mass is 213 g/mol. The molecule has 3 heteroatoms. The number of nitrogens with one attached hydrogen (secondary N) is 1. The van der Waals surface area contributed by atoms with E-state index in [1.807, 2.05) is 11.8 Å². The van der Waals surface area contributed by atoms with Gasteiger partial charge in [-0.3, -0.25) is 0 Å². The maximum absolute atomic E-state index is 3.39. The molecule has 0 aliphatic carbocycles. The van der Waals surface area contributed by atoms with Gasteiger partial charge in [-0.2, -0.15) is 11.8 Å². The van der Waals surface area contributed by atoms with Gasteiger partial charge >= 0.3 is 0 Å². The van der Waals surface area contributed by atoms with Crippen molar-refractivity contribution in [1.29, 1.82) is 0 Å². The van der Waals surface area contributed by atoms with E-state index in [9.17, 15) is 0 Å². The fourth-order valence-corrected chi connectivity index (χ4v) is 1.80. The molecule has 0 aliphatic heterocycles. The Morgan fingerprint density at radius 2 is 2.15 bits per heavy atom. The Kier molecular flexibility index (Phi) is 5.16. The lowest BCUT2D eigenvalue weighted by molar-refractivity contribution is 1.22. The molecule has 1 aromatic rings. The molecule has 0 fully saturated rings. The summed E-state index contributed by atoms with van der Waals surface area (Å²) in [4.78, 5) is 1.31. The Morgan fingerprint density at radius 3 is 2.85 bits per heavy atom. The van der Waals surface area contributed by atoms with Gasteiger partial charge in [-0.15, -0.1) is 11.8 Å². The predicted molar refractivity (Wildman–Crippen MR) is 65.1 cm³/mol. The van der Waals surface area contributed by atoms with Gasteiger partial charge in [-0.05, 0) is 30.7 Å². The van der Waals surface area contributed by atoms with Crippen LogP contribution in [-0.2, 0) is 0 Å². The van der Waals surface area contributed by atoms with E-state index in [1.54, 1.807) is 11.8 Å². The zero-order valence-corrected chi connectivity index (χ0v) is 9.67. The lowest BCUT2D eigenvalue weighted by Crippen LogP contribution is -2.03. The fraction of sp³-hybridized carbons (Fsp3) is 0.400. The van der Waals surface area contributed by atoms with Gasteiger partial charge < -0.3 is 5.32 Å². The maximum atomic E-state index is 3.39. The van der Waals surface area contributed by atoms with Gasteiger partial charge in [0.05, 0.1) is 0 Å². The van der Waals surface area contributed by atoms with E-state index in [0.717, 1.165) is 12.3 Å². The second-order valence-corrected chi connectivity index (χ2v) is 4.52. The molecule has 0 aliphatic rings. The number of hydrogen-bond acceptors (Lipinski definition) is 3. The van der Waals surface area contributed by atoms with Crippen LogP contribution in [-0.4, -0.2) is 24.8 Å². The van der Waals surface area contributed by atoms with Crippen LogP contribution in [0.25, 0.3) is 0 Å². The Morgan fingerprint density at radius 1 is 1.31 bits per heavy atom. The third kappa shape index (κ3) is 3.96. The third-order valence-corrected chi connectivity index (χ3v) is 3.04. The lowest BCUT2D eigenvalue weighted by Gasteiger charge is -2.05. The van der Waals surface area contributed by atoms with E-state index >= 15 is 0 Å². The highest BCUT2D eigenvalue weighted by atomic mass is 32.2. The zero-order chi connectivity index (χ0) is 9.52. The minimum Gasteiger partial charge on any atom is -0.384 e.